The van der Waals surface area contributed by atoms with E-state index in [1.165, 1.54) is 0 Å². The standard InChI is InChI=1S/C22H19N5OS/c1-15-3-2-4-20(25-15)27-22-26-19(14-29-22)17-7-5-16(6-8-17)18-9-10-21(24-13-18)28-12-11-23/h2-10,14,24H,12-13H2,1H3,(H,25,26,27). The highest BCUT2D eigenvalue weighted by atomic mass is 32.1. The number of nitrogens with one attached hydrogen (secondary N) is 2. The van der Waals surface area contributed by atoms with Gasteiger partial charge in [0.05, 0.1) is 5.69 Å². The number of anilines is 2. The fraction of sp³-hybridized carbons (Fsp3) is 0.136. The van der Waals surface area contributed by atoms with Gasteiger partial charge in [-0.25, -0.2) is 9.97 Å². The van der Waals surface area contributed by atoms with Crippen LogP contribution in [-0.4, -0.2) is 23.1 Å². The number of rotatable bonds is 6. The second-order valence-electron chi connectivity index (χ2n) is 6.43. The minimum atomic E-state index is 0.0428. The molecule has 7 heteroatoms. The molecule has 3 aromatic rings. The van der Waals surface area contributed by atoms with Gasteiger partial charge in [-0.1, -0.05) is 36.4 Å². The fourth-order valence-corrected chi connectivity index (χ4v) is 3.65. The van der Waals surface area contributed by atoms with E-state index in [0.717, 1.165) is 39.0 Å². The van der Waals surface area contributed by atoms with Crippen molar-refractivity contribution in [2.24, 2.45) is 0 Å². The molecule has 144 valence electrons. The van der Waals surface area contributed by atoms with Gasteiger partial charge in [0.25, 0.3) is 0 Å². The van der Waals surface area contributed by atoms with E-state index in [2.05, 4.69) is 44.9 Å². The Hall–Kier alpha value is -3.63. The molecule has 0 aliphatic carbocycles. The molecule has 2 aromatic heterocycles. The summed E-state index contributed by atoms with van der Waals surface area (Å²) in [6.45, 7) is 2.67. The van der Waals surface area contributed by atoms with E-state index in [1.54, 1.807) is 11.3 Å². The van der Waals surface area contributed by atoms with Crippen LogP contribution in [0.1, 0.15) is 11.3 Å². The van der Waals surface area contributed by atoms with E-state index < -0.39 is 0 Å². The quantitative estimate of drug-likeness (QED) is 0.627. The van der Waals surface area contributed by atoms with Crippen LogP contribution in [0.4, 0.5) is 10.9 Å². The topological polar surface area (TPSA) is 82.9 Å². The summed E-state index contributed by atoms with van der Waals surface area (Å²) in [5.74, 6) is 1.42. The third-order valence-corrected chi connectivity index (χ3v) is 5.12. The molecule has 6 nitrogen and oxygen atoms in total. The number of nitriles is 1. The van der Waals surface area contributed by atoms with Crippen LogP contribution in [0, 0.1) is 18.3 Å². The van der Waals surface area contributed by atoms with Crippen LogP contribution in [0.25, 0.3) is 16.8 Å². The van der Waals surface area contributed by atoms with Gasteiger partial charge in [-0.15, -0.1) is 11.3 Å². The molecule has 0 bridgehead atoms. The molecule has 2 N–H and O–H groups in total. The van der Waals surface area contributed by atoms with Gasteiger partial charge in [-0.3, -0.25) is 0 Å². The van der Waals surface area contributed by atoms with Crippen molar-refractivity contribution < 1.29 is 4.74 Å². The number of allylic oxidation sites excluding steroid dienone is 2. The molecular weight excluding hydrogens is 382 g/mol. The Morgan fingerprint density at radius 1 is 1.14 bits per heavy atom. The van der Waals surface area contributed by atoms with Gasteiger partial charge in [0.1, 0.15) is 11.9 Å². The van der Waals surface area contributed by atoms with Crippen molar-refractivity contribution in [2.75, 3.05) is 18.5 Å². The predicted molar refractivity (Wildman–Crippen MR) is 115 cm³/mol. The van der Waals surface area contributed by atoms with Gasteiger partial charge < -0.3 is 15.4 Å². The molecule has 1 aliphatic rings. The third-order valence-electron chi connectivity index (χ3n) is 4.36. The zero-order chi connectivity index (χ0) is 20.1. The van der Waals surface area contributed by atoms with Gasteiger partial charge >= 0.3 is 0 Å². The van der Waals surface area contributed by atoms with Crippen molar-refractivity contribution in [1.82, 2.24) is 15.3 Å². The molecule has 0 amide bonds. The Bertz CT molecular complexity index is 1110. The number of aromatic nitrogens is 2. The first-order valence-corrected chi connectivity index (χ1v) is 10.0. The molecule has 0 fully saturated rings. The molecule has 0 radical (unpaired) electrons. The van der Waals surface area contributed by atoms with Crippen LogP contribution in [0.2, 0.25) is 0 Å². The first kappa shape index (κ1) is 18.7. The van der Waals surface area contributed by atoms with E-state index in [0.29, 0.717) is 12.4 Å². The van der Waals surface area contributed by atoms with Crippen molar-refractivity contribution in [2.45, 2.75) is 6.92 Å². The van der Waals surface area contributed by atoms with Crippen molar-refractivity contribution in [1.29, 1.82) is 5.26 Å². The number of aryl methyl sites for hydroxylation is 1. The summed E-state index contributed by atoms with van der Waals surface area (Å²) < 4.78 is 5.27. The second kappa shape index (κ2) is 8.59. The van der Waals surface area contributed by atoms with Gasteiger partial charge in [0, 0.05) is 23.2 Å². The van der Waals surface area contributed by atoms with E-state index >= 15 is 0 Å². The highest BCUT2D eigenvalue weighted by molar-refractivity contribution is 7.14. The molecule has 4 rings (SSSR count). The predicted octanol–water partition coefficient (Wildman–Crippen LogP) is 4.63. The SMILES string of the molecule is Cc1cccc(Nc2nc(-c3ccc(C4=CC=C(OCC#N)NC4)cc3)cs2)n1. The van der Waals surface area contributed by atoms with E-state index in [4.69, 9.17) is 10.00 Å². The average Bonchev–Trinajstić information content (AvgIpc) is 3.21. The van der Waals surface area contributed by atoms with Crippen LogP contribution in [0.5, 0.6) is 0 Å². The lowest BCUT2D eigenvalue weighted by Gasteiger charge is -2.17. The summed E-state index contributed by atoms with van der Waals surface area (Å²) in [7, 11) is 0. The number of nitrogens with zero attached hydrogens (tertiary/aromatic N) is 3. The van der Waals surface area contributed by atoms with Gasteiger partial charge in [0.2, 0.25) is 0 Å². The average molecular weight is 401 g/mol. The Morgan fingerprint density at radius 3 is 2.69 bits per heavy atom. The van der Waals surface area contributed by atoms with Gasteiger partial charge in [-0.2, -0.15) is 5.26 Å². The zero-order valence-electron chi connectivity index (χ0n) is 15.8. The maximum Gasteiger partial charge on any atom is 0.188 e. The van der Waals surface area contributed by atoms with Gasteiger partial charge in [0.15, 0.2) is 17.6 Å². The van der Waals surface area contributed by atoms with Crippen molar-refractivity contribution in [3.8, 4) is 17.3 Å². The van der Waals surface area contributed by atoms with E-state index in [9.17, 15) is 0 Å². The molecule has 0 atom stereocenters. The Labute approximate surface area is 173 Å². The number of dihydropyridines is 1. The second-order valence-corrected chi connectivity index (χ2v) is 7.29. The molecule has 29 heavy (non-hydrogen) atoms. The summed E-state index contributed by atoms with van der Waals surface area (Å²) >= 11 is 1.56. The first-order chi connectivity index (χ1) is 14.2. The third kappa shape index (κ3) is 4.62. The molecular formula is C22H19N5OS. The molecule has 1 aromatic carbocycles. The lowest BCUT2D eigenvalue weighted by Crippen LogP contribution is -2.21. The summed E-state index contributed by atoms with van der Waals surface area (Å²) in [5, 5.41) is 17.9. The Morgan fingerprint density at radius 2 is 1.97 bits per heavy atom. The largest absolute Gasteiger partial charge is 0.464 e. The number of hydrogen-bond acceptors (Lipinski definition) is 7. The minimum absolute atomic E-state index is 0.0428. The molecule has 0 unspecified atom stereocenters. The maximum absolute atomic E-state index is 8.58. The van der Waals surface area contributed by atoms with Crippen LogP contribution >= 0.6 is 11.3 Å². The van der Waals surface area contributed by atoms with Crippen LogP contribution in [0.3, 0.4) is 0 Å². The summed E-state index contributed by atoms with van der Waals surface area (Å²) in [4.78, 5) is 9.12. The lowest BCUT2D eigenvalue weighted by atomic mass is 10.0. The van der Waals surface area contributed by atoms with Crippen molar-refractivity contribution in [3.05, 3.63) is 77.1 Å². The number of benzene rings is 1. The number of hydrogen-bond donors (Lipinski definition) is 2. The summed E-state index contributed by atoms with van der Waals surface area (Å²) in [5.41, 5.74) is 5.25. The first-order valence-electron chi connectivity index (χ1n) is 9.13. The van der Waals surface area contributed by atoms with Crippen molar-refractivity contribution >= 4 is 27.9 Å². The van der Waals surface area contributed by atoms with E-state index in [-0.39, 0.29) is 6.61 Å². The van der Waals surface area contributed by atoms with E-state index in [1.807, 2.05) is 48.7 Å². The normalized spacial score (nSPS) is 13.0. The Balaban J connectivity index is 1.45. The number of ether oxygens (including phenoxy) is 1. The highest BCUT2D eigenvalue weighted by Crippen LogP contribution is 2.28. The van der Waals surface area contributed by atoms with Crippen molar-refractivity contribution in [3.63, 3.8) is 0 Å². The van der Waals surface area contributed by atoms with Crippen LogP contribution < -0.4 is 10.6 Å². The molecule has 0 spiro atoms. The van der Waals surface area contributed by atoms with Crippen LogP contribution in [-0.2, 0) is 4.74 Å². The fourth-order valence-electron chi connectivity index (χ4n) is 2.92. The summed E-state index contributed by atoms with van der Waals surface area (Å²) in [6, 6.07) is 16.2. The number of pyridine rings is 1. The van der Waals surface area contributed by atoms with Gasteiger partial charge in [-0.05, 0) is 36.3 Å². The molecule has 3 heterocycles. The lowest BCUT2D eigenvalue weighted by molar-refractivity contribution is 0.228. The maximum atomic E-state index is 8.58. The highest BCUT2D eigenvalue weighted by Gasteiger charge is 2.10. The number of thiazole rings is 1. The Kier molecular flexibility index (Phi) is 5.54. The van der Waals surface area contributed by atoms with Crippen LogP contribution in [0.15, 0.2) is 65.9 Å². The molecule has 0 saturated heterocycles. The minimum Gasteiger partial charge on any atom is -0.464 e. The summed E-state index contributed by atoms with van der Waals surface area (Å²) in [6.07, 6.45) is 3.86. The molecule has 1 aliphatic heterocycles. The monoisotopic (exact) mass is 401 g/mol. The smallest absolute Gasteiger partial charge is 0.188 e. The zero-order valence-corrected chi connectivity index (χ0v) is 16.7. The molecule has 0 saturated carbocycles.